The molecule has 75 valence electrons. The Hall–Kier alpha value is 0.0218. The highest BCUT2D eigenvalue weighted by atomic mass is 28.3. The van der Waals surface area contributed by atoms with E-state index in [1.54, 1.807) is 10.7 Å². The van der Waals surface area contributed by atoms with Crippen LogP contribution >= 0.6 is 0 Å². The lowest BCUT2D eigenvalue weighted by Crippen LogP contribution is -2.19. The van der Waals surface area contributed by atoms with Crippen LogP contribution in [0.15, 0.2) is 10.7 Å². The van der Waals surface area contributed by atoms with Crippen LogP contribution in [0.4, 0.5) is 0 Å². The van der Waals surface area contributed by atoms with Gasteiger partial charge in [-0.2, -0.15) is 0 Å². The summed E-state index contributed by atoms with van der Waals surface area (Å²) in [5, 5.41) is 1.72. The number of hydrogen-bond donors (Lipinski definition) is 0. The van der Waals surface area contributed by atoms with E-state index >= 15 is 0 Å². The molecule has 0 aromatic rings. The maximum Gasteiger partial charge on any atom is 0.169 e. The molecule has 0 amide bonds. The van der Waals surface area contributed by atoms with E-state index in [1.165, 1.54) is 19.1 Å². The predicted octanol–water partition coefficient (Wildman–Crippen LogP) is 4.08. The van der Waals surface area contributed by atoms with Crippen LogP contribution in [-0.4, -0.2) is 15.5 Å². The summed E-state index contributed by atoms with van der Waals surface area (Å²) in [6.07, 6.45) is 3.88. The van der Waals surface area contributed by atoms with E-state index in [-0.39, 0.29) is 8.80 Å². The number of hydrogen-bond acceptors (Lipinski definition) is 0. The van der Waals surface area contributed by atoms with Crippen molar-refractivity contribution in [2.45, 2.75) is 59.9 Å². The van der Waals surface area contributed by atoms with Crippen LogP contribution in [-0.2, 0) is 0 Å². The van der Waals surface area contributed by atoms with Crippen molar-refractivity contribution in [2.24, 2.45) is 0 Å². The molecule has 0 atom stereocenters. The van der Waals surface area contributed by atoms with Crippen LogP contribution < -0.4 is 0 Å². The van der Waals surface area contributed by atoms with Gasteiger partial charge in [0.25, 0.3) is 0 Å². The van der Waals surface area contributed by atoms with Crippen LogP contribution in [0.1, 0.15) is 34.1 Å². The van der Waals surface area contributed by atoms with Crippen molar-refractivity contribution < 1.29 is 0 Å². The quantitative estimate of drug-likeness (QED) is 0.580. The van der Waals surface area contributed by atoms with E-state index in [9.17, 15) is 0 Å². The molecule has 0 spiro atoms. The van der Waals surface area contributed by atoms with Crippen LogP contribution in [0, 0.1) is 0 Å². The van der Waals surface area contributed by atoms with Gasteiger partial charge in [-0.15, -0.1) is 5.47 Å². The minimum Gasteiger partial charge on any atom is -0.106 e. The van der Waals surface area contributed by atoms with Crippen molar-refractivity contribution in [2.75, 3.05) is 0 Å². The highest BCUT2D eigenvalue weighted by molar-refractivity contribution is 6.72. The summed E-state index contributed by atoms with van der Waals surface area (Å²) in [7, 11) is -0.208. The van der Waals surface area contributed by atoms with Gasteiger partial charge < -0.3 is 0 Å². The van der Waals surface area contributed by atoms with E-state index < -0.39 is 0 Å². The number of rotatable bonds is 5. The van der Waals surface area contributed by atoms with Gasteiger partial charge in [-0.25, -0.2) is 0 Å². The fraction of sp³-hybridized carbons (Fsp3) is 0.818. The molecule has 0 aliphatic rings. The van der Waals surface area contributed by atoms with Gasteiger partial charge in [0.1, 0.15) is 0 Å². The van der Waals surface area contributed by atoms with E-state index in [0.717, 1.165) is 6.71 Å². The monoisotopic (exact) mass is 195 g/mol. The van der Waals surface area contributed by atoms with E-state index in [4.69, 9.17) is 0 Å². The first kappa shape index (κ1) is 13.0. The highest BCUT2D eigenvalue weighted by Gasteiger charge is 2.16. The number of allylic oxidation sites excluding steroid dienone is 2. The van der Waals surface area contributed by atoms with E-state index in [2.05, 4.69) is 40.8 Å². The minimum absolute atomic E-state index is 0.208. The summed E-state index contributed by atoms with van der Waals surface area (Å²) in [4.78, 5) is 0. The maximum atomic E-state index is 2.40. The molecule has 0 saturated heterocycles. The van der Waals surface area contributed by atoms with Crippen molar-refractivity contribution in [3.05, 3.63) is 10.7 Å². The molecule has 13 heavy (non-hydrogen) atoms. The van der Waals surface area contributed by atoms with E-state index in [0.29, 0.717) is 0 Å². The summed E-state index contributed by atoms with van der Waals surface area (Å²) in [6, 6.07) is 0. The Morgan fingerprint density at radius 3 is 1.77 bits per heavy atom. The first-order valence-corrected chi connectivity index (χ1v) is 8.08. The van der Waals surface area contributed by atoms with Gasteiger partial charge in [-0.05, 0) is 13.3 Å². The molecule has 0 aromatic heterocycles. The summed E-state index contributed by atoms with van der Waals surface area (Å²) in [5.74, 6) is 0. The third-order valence-corrected chi connectivity index (χ3v) is 4.91. The molecule has 0 heterocycles. The average molecular weight is 195 g/mol. The molecule has 0 N–H and O–H groups in total. The molecule has 1 radical (unpaired) electrons. The Morgan fingerprint density at radius 1 is 1.08 bits per heavy atom. The largest absolute Gasteiger partial charge is 0.169 e. The average Bonchev–Trinajstić information content (AvgIpc) is 2.12. The third-order valence-electron chi connectivity index (χ3n) is 3.09. The first-order chi connectivity index (χ1) is 6.08. The van der Waals surface area contributed by atoms with Gasteiger partial charge in [0.2, 0.25) is 0 Å². The molecule has 0 rings (SSSR count). The minimum atomic E-state index is -0.208. The van der Waals surface area contributed by atoms with Gasteiger partial charge in [-0.1, -0.05) is 51.7 Å². The second kappa shape index (κ2) is 6.47. The molecular weight excluding hydrogens is 171 g/mol. The van der Waals surface area contributed by atoms with Gasteiger partial charge in [-0.3, -0.25) is 0 Å². The Labute approximate surface area is 86.5 Å². The zero-order valence-corrected chi connectivity index (χ0v) is 11.2. The standard InChI is InChI=1S/C11H24BSi/c1-7-11(10(4)13(5)6)12(8-2)9-3/h7-9H2,1-6H3/b11-10+. The summed E-state index contributed by atoms with van der Waals surface area (Å²) >= 11 is 0. The third kappa shape index (κ3) is 3.72. The SMILES string of the molecule is CCB(CC)/C(CC)=C(\C)[Si](C)C. The fourth-order valence-electron chi connectivity index (χ4n) is 1.96. The van der Waals surface area contributed by atoms with E-state index in [1.807, 2.05) is 0 Å². The Balaban J connectivity index is 4.73. The van der Waals surface area contributed by atoms with Crippen LogP contribution in [0.3, 0.4) is 0 Å². The van der Waals surface area contributed by atoms with Crippen molar-refractivity contribution >= 4 is 15.5 Å². The van der Waals surface area contributed by atoms with Crippen molar-refractivity contribution in [1.82, 2.24) is 0 Å². The molecular formula is C11H24BSi. The van der Waals surface area contributed by atoms with Gasteiger partial charge >= 0.3 is 0 Å². The topological polar surface area (TPSA) is 0 Å². The zero-order chi connectivity index (χ0) is 10.4. The van der Waals surface area contributed by atoms with Gasteiger partial charge in [0.05, 0.1) is 8.80 Å². The first-order valence-electron chi connectivity index (χ1n) is 5.58. The molecule has 0 saturated carbocycles. The second-order valence-electron chi connectivity index (χ2n) is 4.02. The van der Waals surface area contributed by atoms with Crippen molar-refractivity contribution in [1.29, 1.82) is 0 Å². The molecule has 0 bridgehead atoms. The smallest absolute Gasteiger partial charge is 0.106 e. The van der Waals surface area contributed by atoms with Crippen molar-refractivity contribution in [3.8, 4) is 0 Å². The normalized spacial score (nSPS) is 13.2. The second-order valence-corrected chi connectivity index (χ2v) is 6.77. The molecule has 0 unspecified atom stereocenters. The van der Waals surface area contributed by atoms with Gasteiger partial charge in [0, 0.05) is 0 Å². The maximum absolute atomic E-state index is 2.40. The summed E-state index contributed by atoms with van der Waals surface area (Å²) < 4.78 is 0. The Kier molecular flexibility index (Phi) is 6.48. The molecule has 0 aliphatic carbocycles. The van der Waals surface area contributed by atoms with Crippen LogP contribution in [0.25, 0.3) is 0 Å². The van der Waals surface area contributed by atoms with Crippen molar-refractivity contribution in [3.63, 3.8) is 0 Å². The lowest BCUT2D eigenvalue weighted by Gasteiger charge is -2.18. The molecule has 0 aliphatic heterocycles. The summed E-state index contributed by atoms with van der Waals surface area (Å²) in [6.45, 7) is 14.9. The Bertz CT molecular complexity index is 169. The highest BCUT2D eigenvalue weighted by Crippen LogP contribution is 2.19. The van der Waals surface area contributed by atoms with Crippen LogP contribution in [0.2, 0.25) is 25.7 Å². The summed E-state index contributed by atoms with van der Waals surface area (Å²) in [5.41, 5.74) is 1.75. The zero-order valence-electron chi connectivity index (χ0n) is 10.2. The predicted molar refractivity (Wildman–Crippen MR) is 67.2 cm³/mol. The fourth-order valence-corrected chi connectivity index (χ4v) is 2.99. The lowest BCUT2D eigenvalue weighted by atomic mass is 9.40. The lowest BCUT2D eigenvalue weighted by molar-refractivity contribution is 1.13. The Morgan fingerprint density at radius 2 is 1.54 bits per heavy atom. The molecule has 2 heteroatoms. The van der Waals surface area contributed by atoms with Crippen LogP contribution in [0.5, 0.6) is 0 Å². The molecule has 0 fully saturated rings. The molecule has 0 aromatic carbocycles. The van der Waals surface area contributed by atoms with Gasteiger partial charge in [0.15, 0.2) is 6.71 Å². The molecule has 0 nitrogen and oxygen atoms in total.